The molecule has 0 aliphatic heterocycles. The molecule has 4 nitrogen and oxygen atoms in total. The van der Waals surface area contributed by atoms with Crippen LogP contribution in [0, 0.1) is 11.6 Å². The Labute approximate surface area is 449 Å². The first-order chi connectivity index (χ1) is 38.1. The van der Waals surface area contributed by atoms with E-state index < -0.39 is 11.1 Å². The molecule has 78 heavy (non-hydrogen) atoms. The first kappa shape index (κ1) is 45.8. The van der Waals surface area contributed by atoms with Crippen molar-refractivity contribution in [2.75, 3.05) is 0 Å². The number of rotatable bonds is 8. The summed E-state index contributed by atoms with van der Waals surface area (Å²) < 4.78 is 43.7. The molecule has 6 heteroatoms. The fourth-order valence-corrected chi connectivity index (χ4v) is 13.8. The molecule has 0 bridgehead atoms. The van der Waals surface area contributed by atoms with Crippen molar-refractivity contribution in [2.24, 2.45) is 0 Å². The lowest BCUT2D eigenvalue weighted by atomic mass is 9.74. The van der Waals surface area contributed by atoms with E-state index in [1.807, 2.05) is 12.1 Å². The highest BCUT2D eigenvalue weighted by molar-refractivity contribution is 6.15. The summed E-state index contributed by atoms with van der Waals surface area (Å²) in [6, 6.07) is 83.6. The van der Waals surface area contributed by atoms with Crippen molar-refractivity contribution in [3.8, 4) is 33.6 Å². The SMILES string of the molecule is CC(C)(c1c(-c2cccc(F)c2)c(-n2c3ccccc3c3ccccc32)c(-c2cccc(F)c2)c(C(C)(C)n2c3ccccc3c3ccccc32)c1-n1c2ccccc2c2ccccc21)n1c2ccccc2c2ccccc21. The molecular weight excluding hydrogens is 959 g/mol. The molecule has 0 atom stereocenters. The number of benzene rings is 11. The van der Waals surface area contributed by atoms with Gasteiger partial charge in [-0.3, -0.25) is 0 Å². The minimum atomic E-state index is -0.966. The van der Waals surface area contributed by atoms with E-state index in [0.717, 1.165) is 121 Å². The summed E-state index contributed by atoms with van der Waals surface area (Å²) in [5.74, 6) is -0.719. The Kier molecular flexibility index (Phi) is 9.99. The summed E-state index contributed by atoms with van der Waals surface area (Å²) in [7, 11) is 0. The van der Waals surface area contributed by atoms with Crippen LogP contribution in [0.25, 0.3) is 121 Å². The minimum absolute atomic E-state index is 0.360. The second-order valence-electron chi connectivity index (χ2n) is 21.8. The lowest BCUT2D eigenvalue weighted by Crippen LogP contribution is -2.36. The summed E-state index contributed by atoms with van der Waals surface area (Å²) >= 11 is 0. The van der Waals surface area contributed by atoms with E-state index in [-0.39, 0.29) is 11.6 Å². The summed E-state index contributed by atoms with van der Waals surface area (Å²) in [4.78, 5) is 0. The maximum Gasteiger partial charge on any atom is 0.123 e. The molecular formula is C72H52F2N4. The molecule has 0 saturated heterocycles. The second-order valence-corrected chi connectivity index (χ2v) is 21.8. The van der Waals surface area contributed by atoms with E-state index in [9.17, 15) is 0 Å². The van der Waals surface area contributed by atoms with E-state index in [2.05, 4.69) is 252 Å². The molecule has 0 fully saturated rings. The number of fused-ring (bicyclic) bond motifs is 12. The number of hydrogen-bond acceptors (Lipinski definition) is 0. The third-order valence-corrected chi connectivity index (χ3v) is 16.8. The summed E-state index contributed by atoms with van der Waals surface area (Å²) in [5, 5.41) is 8.88. The van der Waals surface area contributed by atoms with E-state index in [1.165, 1.54) is 12.1 Å². The zero-order valence-electron chi connectivity index (χ0n) is 43.6. The van der Waals surface area contributed by atoms with Gasteiger partial charge in [0.2, 0.25) is 0 Å². The van der Waals surface area contributed by atoms with Crippen LogP contribution in [0.15, 0.2) is 243 Å². The van der Waals surface area contributed by atoms with Gasteiger partial charge in [0.15, 0.2) is 0 Å². The summed E-state index contributed by atoms with van der Waals surface area (Å²) in [5.41, 5.74) is 13.0. The van der Waals surface area contributed by atoms with Crippen LogP contribution >= 0.6 is 0 Å². The largest absolute Gasteiger partial charge is 0.331 e. The maximum atomic E-state index is 16.9. The van der Waals surface area contributed by atoms with Crippen molar-refractivity contribution in [3.05, 3.63) is 265 Å². The number of halogens is 2. The first-order valence-electron chi connectivity index (χ1n) is 26.8. The average molecular weight is 1010 g/mol. The van der Waals surface area contributed by atoms with Gasteiger partial charge in [0.05, 0.1) is 44.5 Å². The van der Waals surface area contributed by atoms with E-state index in [1.54, 1.807) is 12.1 Å². The molecule has 4 heterocycles. The third-order valence-electron chi connectivity index (χ3n) is 16.8. The predicted octanol–water partition coefficient (Wildman–Crippen LogP) is 19.3. The molecule has 0 spiro atoms. The quantitative estimate of drug-likeness (QED) is 0.145. The lowest BCUT2D eigenvalue weighted by molar-refractivity contribution is 0.447. The molecule has 4 aromatic heterocycles. The van der Waals surface area contributed by atoms with Crippen LogP contribution in [-0.4, -0.2) is 18.3 Å². The number of nitrogens with zero attached hydrogens (tertiary/aromatic N) is 4. The Hall–Kier alpha value is -9.52. The van der Waals surface area contributed by atoms with Gasteiger partial charge in [-0.25, -0.2) is 8.78 Å². The van der Waals surface area contributed by atoms with Crippen LogP contribution in [0.3, 0.4) is 0 Å². The number of para-hydroxylation sites is 8. The molecule has 0 aliphatic rings. The van der Waals surface area contributed by atoms with E-state index >= 15 is 8.78 Å². The van der Waals surface area contributed by atoms with Crippen LogP contribution in [0.5, 0.6) is 0 Å². The molecule has 15 aromatic rings. The fourth-order valence-electron chi connectivity index (χ4n) is 13.8. The number of hydrogen-bond donors (Lipinski definition) is 0. The Balaban J connectivity index is 1.31. The fraction of sp³-hybridized carbons (Fsp3) is 0.0833. The van der Waals surface area contributed by atoms with Gasteiger partial charge in [0.25, 0.3) is 0 Å². The maximum absolute atomic E-state index is 16.9. The molecule has 0 aliphatic carbocycles. The Morgan fingerprint density at radius 2 is 0.513 bits per heavy atom. The van der Waals surface area contributed by atoms with E-state index in [4.69, 9.17) is 0 Å². The molecule has 0 N–H and O–H groups in total. The van der Waals surface area contributed by atoms with Gasteiger partial charge in [-0.1, -0.05) is 170 Å². The zero-order chi connectivity index (χ0) is 52.6. The van der Waals surface area contributed by atoms with Crippen LogP contribution in [-0.2, 0) is 11.1 Å². The van der Waals surface area contributed by atoms with Gasteiger partial charge in [-0.05, 0) is 112 Å². The topological polar surface area (TPSA) is 19.7 Å². The monoisotopic (exact) mass is 1010 g/mol. The van der Waals surface area contributed by atoms with Gasteiger partial charge < -0.3 is 18.3 Å². The van der Waals surface area contributed by atoms with Crippen LogP contribution in [0.2, 0.25) is 0 Å². The van der Waals surface area contributed by atoms with Crippen molar-refractivity contribution in [1.29, 1.82) is 0 Å². The second kappa shape index (κ2) is 17.0. The average Bonchev–Trinajstić information content (AvgIpc) is 3.40. The molecule has 0 saturated carbocycles. The van der Waals surface area contributed by atoms with Gasteiger partial charge in [0.1, 0.15) is 11.6 Å². The molecule has 15 rings (SSSR count). The summed E-state index contributed by atoms with van der Waals surface area (Å²) in [6.07, 6.45) is 0. The summed E-state index contributed by atoms with van der Waals surface area (Å²) in [6.45, 7) is 9.37. The Morgan fingerprint density at radius 1 is 0.269 bits per heavy atom. The highest BCUT2D eigenvalue weighted by Gasteiger charge is 2.44. The normalized spacial score (nSPS) is 12.5. The van der Waals surface area contributed by atoms with Crippen molar-refractivity contribution in [2.45, 2.75) is 38.8 Å². The van der Waals surface area contributed by atoms with Gasteiger partial charge >= 0.3 is 0 Å². The van der Waals surface area contributed by atoms with Gasteiger partial charge in [0, 0.05) is 87.4 Å². The zero-order valence-corrected chi connectivity index (χ0v) is 43.6. The first-order valence-corrected chi connectivity index (χ1v) is 26.8. The molecule has 11 aromatic carbocycles. The molecule has 0 unspecified atom stereocenters. The number of aromatic nitrogens is 4. The molecule has 0 amide bonds. The van der Waals surface area contributed by atoms with Crippen LogP contribution < -0.4 is 0 Å². The molecule has 374 valence electrons. The van der Waals surface area contributed by atoms with Gasteiger partial charge in [-0.2, -0.15) is 0 Å². The standard InChI is InChI=1S/C72H52F2N4/c1-71(2,77-61-39-17-9-31-53(61)54-32-10-18-40-62(54)77)67-65(45-23-21-25-47(73)43-45)69(75-57-35-13-5-27-49(57)50-28-6-14-36-58(50)75)66(46-24-22-26-48(74)44-46)68(70(67)76-59-37-15-7-29-51(59)52-30-8-16-38-60(52)76)72(3,4)78-63-41-19-11-33-55(63)56-34-12-20-42-64(56)78/h5-44H,1-4H3. The highest BCUT2D eigenvalue weighted by Crippen LogP contribution is 2.57. The highest BCUT2D eigenvalue weighted by atomic mass is 19.1. The lowest BCUT2D eigenvalue weighted by Gasteiger charge is -2.42. The van der Waals surface area contributed by atoms with Gasteiger partial charge in [-0.15, -0.1) is 0 Å². The third kappa shape index (κ3) is 6.43. The van der Waals surface area contributed by atoms with Crippen LogP contribution in [0.4, 0.5) is 8.78 Å². The van der Waals surface area contributed by atoms with Crippen molar-refractivity contribution in [3.63, 3.8) is 0 Å². The van der Waals surface area contributed by atoms with E-state index in [0.29, 0.717) is 11.1 Å². The smallest absolute Gasteiger partial charge is 0.123 e. The predicted molar refractivity (Wildman–Crippen MR) is 322 cm³/mol. The van der Waals surface area contributed by atoms with Crippen molar-refractivity contribution < 1.29 is 8.78 Å². The molecule has 0 radical (unpaired) electrons. The van der Waals surface area contributed by atoms with Crippen LogP contribution in [0.1, 0.15) is 38.8 Å². The minimum Gasteiger partial charge on any atom is -0.331 e. The van der Waals surface area contributed by atoms with Crippen molar-refractivity contribution in [1.82, 2.24) is 18.3 Å². The Bertz CT molecular complexity index is 4550. The van der Waals surface area contributed by atoms with Crippen molar-refractivity contribution >= 4 is 87.2 Å². The Morgan fingerprint density at radius 3 is 0.795 bits per heavy atom.